The van der Waals surface area contributed by atoms with Gasteiger partial charge in [-0.05, 0) is 5.56 Å². The molecule has 1 atom stereocenters. The van der Waals surface area contributed by atoms with Crippen LogP contribution in [0.2, 0.25) is 0 Å². The Balaban J connectivity index is 2.68. The average Bonchev–Trinajstić information content (AvgIpc) is 2.30. The largest absolute Gasteiger partial charge is 0.384 e. The van der Waals surface area contributed by atoms with Crippen molar-refractivity contribution in [2.45, 2.75) is 25.4 Å². The summed E-state index contributed by atoms with van der Waals surface area (Å²) in [4.78, 5) is 11.6. The van der Waals surface area contributed by atoms with Crippen LogP contribution in [0, 0.1) is 0 Å². The van der Waals surface area contributed by atoms with Gasteiger partial charge in [0.15, 0.2) is 5.78 Å². The Hall–Kier alpha value is -1.15. The van der Waals surface area contributed by atoms with Crippen LogP contribution >= 0.6 is 0 Å². The molecule has 68 valence electrons. The number of carbonyl (C=O) groups is 1. The molecule has 0 radical (unpaired) electrons. The second kappa shape index (κ2) is 2.42. The van der Waals surface area contributed by atoms with E-state index in [2.05, 4.69) is 0 Å². The molecule has 1 aromatic carbocycles. The van der Waals surface area contributed by atoms with Gasteiger partial charge in [-0.15, -0.1) is 0 Å². The van der Waals surface area contributed by atoms with Gasteiger partial charge in [0.25, 0.3) is 0 Å². The molecule has 0 saturated heterocycles. The van der Waals surface area contributed by atoms with E-state index in [1.807, 2.05) is 32.0 Å². The molecule has 1 aliphatic carbocycles. The molecular weight excluding hydrogens is 164 g/mol. The number of hydrogen-bond donors (Lipinski definition) is 1. The number of Topliss-reactive ketones (excluding diaryl/α,β-unsaturated/α-hetero) is 1. The van der Waals surface area contributed by atoms with Gasteiger partial charge in [-0.1, -0.05) is 38.1 Å². The number of aliphatic hydroxyl groups is 1. The van der Waals surface area contributed by atoms with Crippen molar-refractivity contribution in [3.8, 4) is 0 Å². The predicted octanol–water partition coefficient (Wildman–Crippen LogP) is 1.52. The highest BCUT2D eigenvalue weighted by Gasteiger charge is 2.44. The predicted molar refractivity (Wildman–Crippen MR) is 49.8 cm³/mol. The van der Waals surface area contributed by atoms with Gasteiger partial charge in [-0.25, -0.2) is 0 Å². The SMILES string of the molecule is CC1(C)c2ccccc2C(=O)C1O. The van der Waals surface area contributed by atoms with Gasteiger partial charge in [-0.3, -0.25) is 4.79 Å². The van der Waals surface area contributed by atoms with Crippen LogP contribution in [0.5, 0.6) is 0 Å². The molecule has 0 bridgehead atoms. The van der Waals surface area contributed by atoms with E-state index in [9.17, 15) is 9.90 Å². The molecule has 2 heteroatoms. The zero-order valence-electron chi connectivity index (χ0n) is 7.74. The van der Waals surface area contributed by atoms with Crippen LogP contribution in [0.4, 0.5) is 0 Å². The molecule has 13 heavy (non-hydrogen) atoms. The van der Waals surface area contributed by atoms with Gasteiger partial charge >= 0.3 is 0 Å². The monoisotopic (exact) mass is 176 g/mol. The van der Waals surface area contributed by atoms with E-state index in [0.29, 0.717) is 5.56 Å². The fourth-order valence-corrected chi connectivity index (χ4v) is 1.88. The second-order valence-corrected chi connectivity index (χ2v) is 4.03. The van der Waals surface area contributed by atoms with Crippen LogP contribution in [0.3, 0.4) is 0 Å². The van der Waals surface area contributed by atoms with E-state index >= 15 is 0 Å². The lowest BCUT2D eigenvalue weighted by Gasteiger charge is -2.22. The molecule has 0 aromatic heterocycles. The first-order valence-electron chi connectivity index (χ1n) is 4.37. The van der Waals surface area contributed by atoms with Gasteiger partial charge in [0.1, 0.15) is 6.10 Å². The van der Waals surface area contributed by atoms with Crippen molar-refractivity contribution in [3.05, 3.63) is 35.4 Å². The maximum Gasteiger partial charge on any atom is 0.192 e. The number of benzene rings is 1. The smallest absolute Gasteiger partial charge is 0.192 e. The van der Waals surface area contributed by atoms with Gasteiger partial charge in [-0.2, -0.15) is 0 Å². The molecule has 1 N–H and O–H groups in total. The summed E-state index contributed by atoms with van der Waals surface area (Å²) in [6.07, 6.45) is -0.884. The summed E-state index contributed by atoms with van der Waals surface area (Å²) in [5.41, 5.74) is 1.18. The Morgan fingerprint density at radius 1 is 1.31 bits per heavy atom. The lowest BCUT2D eigenvalue weighted by Crippen LogP contribution is -2.32. The summed E-state index contributed by atoms with van der Waals surface area (Å²) in [5.74, 6) is -0.152. The van der Waals surface area contributed by atoms with Crippen molar-refractivity contribution >= 4 is 5.78 Å². The minimum absolute atomic E-state index is 0.152. The van der Waals surface area contributed by atoms with Crippen molar-refractivity contribution in [2.75, 3.05) is 0 Å². The van der Waals surface area contributed by atoms with Crippen LogP contribution in [-0.2, 0) is 5.41 Å². The van der Waals surface area contributed by atoms with E-state index < -0.39 is 11.5 Å². The van der Waals surface area contributed by atoms with Crippen molar-refractivity contribution in [2.24, 2.45) is 0 Å². The highest BCUT2D eigenvalue weighted by Crippen LogP contribution is 2.37. The first kappa shape index (κ1) is 8.45. The Labute approximate surface area is 77.2 Å². The summed E-state index contributed by atoms with van der Waals surface area (Å²) in [6, 6.07) is 7.40. The molecule has 0 amide bonds. The number of fused-ring (bicyclic) bond motifs is 1. The van der Waals surface area contributed by atoms with Crippen LogP contribution in [0.1, 0.15) is 29.8 Å². The minimum atomic E-state index is -0.884. The molecule has 1 unspecified atom stereocenters. The van der Waals surface area contributed by atoms with Crippen LogP contribution in [0.15, 0.2) is 24.3 Å². The fraction of sp³-hybridized carbons (Fsp3) is 0.364. The van der Waals surface area contributed by atoms with Gasteiger partial charge < -0.3 is 5.11 Å². The summed E-state index contributed by atoms with van der Waals surface area (Å²) >= 11 is 0. The number of aliphatic hydroxyl groups excluding tert-OH is 1. The number of rotatable bonds is 0. The van der Waals surface area contributed by atoms with Gasteiger partial charge in [0, 0.05) is 11.0 Å². The number of hydrogen-bond acceptors (Lipinski definition) is 2. The summed E-state index contributed by atoms with van der Waals surface area (Å²) in [7, 11) is 0. The summed E-state index contributed by atoms with van der Waals surface area (Å²) in [5, 5.41) is 9.70. The van der Waals surface area contributed by atoms with Crippen molar-refractivity contribution in [1.82, 2.24) is 0 Å². The molecule has 1 aliphatic rings. The number of ketones is 1. The Kier molecular flexibility index (Phi) is 1.57. The first-order chi connectivity index (χ1) is 6.05. The normalized spacial score (nSPS) is 24.5. The Morgan fingerprint density at radius 2 is 1.92 bits per heavy atom. The number of carbonyl (C=O) groups excluding carboxylic acids is 1. The Morgan fingerprint density at radius 3 is 2.54 bits per heavy atom. The molecule has 0 spiro atoms. The third kappa shape index (κ3) is 0.954. The minimum Gasteiger partial charge on any atom is -0.384 e. The van der Waals surface area contributed by atoms with E-state index in [1.165, 1.54) is 0 Å². The highest BCUT2D eigenvalue weighted by atomic mass is 16.3. The van der Waals surface area contributed by atoms with Crippen LogP contribution in [-0.4, -0.2) is 17.0 Å². The third-order valence-corrected chi connectivity index (χ3v) is 2.82. The first-order valence-corrected chi connectivity index (χ1v) is 4.37. The van der Waals surface area contributed by atoms with Crippen LogP contribution in [0.25, 0.3) is 0 Å². The lowest BCUT2D eigenvalue weighted by molar-refractivity contribution is 0.0643. The quantitative estimate of drug-likeness (QED) is 0.650. The summed E-state index contributed by atoms with van der Waals surface area (Å²) < 4.78 is 0. The van der Waals surface area contributed by atoms with Gasteiger partial charge in [0.05, 0.1) is 0 Å². The fourth-order valence-electron chi connectivity index (χ4n) is 1.88. The zero-order chi connectivity index (χ0) is 9.64. The van der Waals surface area contributed by atoms with E-state index in [0.717, 1.165) is 5.56 Å². The molecule has 2 rings (SSSR count). The topological polar surface area (TPSA) is 37.3 Å². The molecule has 0 heterocycles. The maximum absolute atomic E-state index is 11.6. The van der Waals surface area contributed by atoms with E-state index in [-0.39, 0.29) is 5.78 Å². The molecular formula is C11H12O2. The molecule has 2 nitrogen and oxygen atoms in total. The lowest BCUT2D eigenvalue weighted by atomic mass is 9.85. The Bertz CT molecular complexity index is 366. The summed E-state index contributed by atoms with van der Waals surface area (Å²) in [6.45, 7) is 3.78. The highest BCUT2D eigenvalue weighted by molar-refractivity contribution is 6.05. The third-order valence-electron chi connectivity index (χ3n) is 2.82. The van der Waals surface area contributed by atoms with Crippen LogP contribution < -0.4 is 0 Å². The molecule has 0 saturated carbocycles. The average molecular weight is 176 g/mol. The zero-order valence-corrected chi connectivity index (χ0v) is 7.74. The van der Waals surface area contributed by atoms with E-state index in [1.54, 1.807) is 6.07 Å². The van der Waals surface area contributed by atoms with Crippen molar-refractivity contribution in [3.63, 3.8) is 0 Å². The van der Waals surface area contributed by atoms with Crippen molar-refractivity contribution < 1.29 is 9.90 Å². The van der Waals surface area contributed by atoms with Crippen molar-refractivity contribution in [1.29, 1.82) is 0 Å². The molecule has 0 fully saturated rings. The second-order valence-electron chi connectivity index (χ2n) is 4.03. The van der Waals surface area contributed by atoms with Gasteiger partial charge in [0.2, 0.25) is 0 Å². The van der Waals surface area contributed by atoms with E-state index in [4.69, 9.17) is 0 Å². The standard InChI is InChI=1S/C11H12O2/c1-11(2)8-6-4-3-5-7(8)9(12)10(11)13/h3-6,10,13H,1-2H3. The molecule has 1 aromatic rings. The molecule has 0 aliphatic heterocycles. The maximum atomic E-state index is 11.6.